The molecule has 1 aliphatic heterocycles. The predicted octanol–water partition coefficient (Wildman–Crippen LogP) is 3.43. The zero-order valence-corrected chi connectivity index (χ0v) is 13.1. The molecule has 0 bridgehead atoms. The third kappa shape index (κ3) is 3.67. The molecule has 2 N–H and O–H groups in total. The first kappa shape index (κ1) is 15.1. The number of amides is 1. The number of aryl methyl sites for hydroxylation is 1. The molecule has 2 aromatic carbocycles. The summed E-state index contributed by atoms with van der Waals surface area (Å²) in [5, 5.41) is 0.805. The van der Waals surface area contributed by atoms with E-state index in [1.807, 2.05) is 24.3 Å². The van der Waals surface area contributed by atoms with Crippen molar-refractivity contribution in [2.45, 2.75) is 18.9 Å². The first-order valence-electron chi connectivity index (χ1n) is 7.52. The van der Waals surface area contributed by atoms with Gasteiger partial charge in [0.25, 0.3) is 0 Å². The number of benzene rings is 2. The van der Waals surface area contributed by atoms with Crippen molar-refractivity contribution >= 4 is 17.5 Å². The van der Waals surface area contributed by atoms with Gasteiger partial charge in [0.2, 0.25) is 5.91 Å². The average Bonchev–Trinajstić information content (AvgIpc) is 3.27. The second-order valence-electron chi connectivity index (χ2n) is 5.73. The molecule has 2 aromatic rings. The Hall–Kier alpha value is -1.84. The molecule has 0 aromatic heterocycles. The maximum Gasteiger partial charge on any atom is 0.248 e. The smallest absolute Gasteiger partial charge is 0.248 e. The first-order chi connectivity index (χ1) is 10.6. The number of hydrogen-bond donors (Lipinski definition) is 1. The van der Waals surface area contributed by atoms with Crippen molar-refractivity contribution in [2.75, 3.05) is 13.1 Å². The molecule has 114 valence electrons. The van der Waals surface area contributed by atoms with Crippen molar-refractivity contribution in [3.8, 4) is 0 Å². The van der Waals surface area contributed by atoms with E-state index >= 15 is 0 Å². The van der Waals surface area contributed by atoms with E-state index in [1.54, 1.807) is 12.1 Å². The Morgan fingerprint density at radius 2 is 2.00 bits per heavy atom. The van der Waals surface area contributed by atoms with Gasteiger partial charge in [-0.3, -0.25) is 9.69 Å². The van der Waals surface area contributed by atoms with Crippen molar-refractivity contribution in [3.63, 3.8) is 0 Å². The van der Waals surface area contributed by atoms with Gasteiger partial charge in [0.05, 0.1) is 0 Å². The van der Waals surface area contributed by atoms with E-state index in [9.17, 15) is 4.79 Å². The highest BCUT2D eigenvalue weighted by Crippen LogP contribution is 2.35. The topological polar surface area (TPSA) is 46.1 Å². The van der Waals surface area contributed by atoms with Crippen LogP contribution in [0.1, 0.15) is 33.9 Å². The molecule has 22 heavy (non-hydrogen) atoms. The quantitative estimate of drug-likeness (QED) is 0.830. The van der Waals surface area contributed by atoms with Gasteiger partial charge in [0, 0.05) is 23.2 Å². The summed E-state index contributed by atoms with van der Waals surface area (Å²) in [5.74, 6) is -0.375. The van der Waals surface area contributed by atoms with Crippen molar-refractivity contribution in [1.82, 2.24) is 4.90 Å². The minimum Gasteiger partial charge on any atom is -0.366 e. The van der Waals surface area contributed by atoms with Gasteiger partial charge in [0.1, 0.15) is 0 Å². The van der Waals surface area contributed by atoms with E-state index in [4.69, 9.17) is 17.3 Å². The molecule has 4 heteroatoms. The lowest BCUT2D eigenvalue weighted by atomic mass is 10.1. The number of carbonyl (C=O) groups is 1. The van der Waals surface area contributed by atoms with Crippen molar-refractivity contribution in [2.24, 2.45) is 5.73 Å². The van der Waals surface area contributed by atoms with Crippen LogP contribution in [0.25, 0.3) is 0 Å². The van der Waals surface area contributed by atoms with Gasteiger partial charge in [-0.15, -0.1) is 0 Å². The molecule has 1 aliphatic rings. The van der Waals surface area contributed by atoms with Gasteiger partial charge in [-0.25, -0.2) is 0 Å². The molecule has 0 spiro atoms. The van der Waals surface area contributed by atoms with E-state index in [1.165, 1.54) is 11.1 Å². The van der Waals surface area contributed by atoms with Crippen LogP contribution in [0.5, 0.6) is 0 Å². The number of rotatable bonds is 6. The van der Waals surface area contributed by atoms with Crippen molar-refractivity contribution in [3.05, 3.63) is 70.2 Å². The van der Waals surface area contributed by atoms with Gasteiger partial charge in [-0.1, -0.05) is 35.9 Å². The number of hydrogen-bond acceptors (Lipinski definition) is 2. The summed E-state index contributed by atoms with van der Waals surface area (Å²) in [6.07, 6.45) is 2.12. The fourth-order valence-electron chi connectivity index (χ4n) is 2.77. The Balaban J connectivity index is 1.45. The lowest BCUT2D eigenvalue weighted by Crippen LogP contribution is -2.10. The second kappa shape index (κ2) is 6.51. The maximum absolute atomic E-state index is 11.0. The van der Waals surface area contributed by atoms with Crippen LogP contribution in [0.15, 0.2) is 48.5 Å². The fourth-order valence-corrected chi connectivity index (χ4v) is 2.97. The van der Waals surface area contributed by atoms with Gasteiger partial charge < -0.3 is 5.73 Å². The minimum atomic E-state index is -0.375. The van der Waals surface area contributed by atoms with Crippen LogP contribution in [-0.2, 0) is 6.42 Å². The maximum atomic E-state index is 11.0. The Labute approximate surface area is 135 Å². The third-order valence-electron chi connectivity index (χ3n) is 4.10. The average molecular weight is 315 g/mol. The number of primary amides is 1. The summed E-state index contributed by atoms with van der Waals surface area (Å²) in [6, 6.07) is 16.2. The van der Waals surface area contributed by atoms with E-state index in [0.29, 0.717) is 11.6 Å². The zero-order valence-electron chi connectivity index (χ0n) is 12.3. The molecule has 3 nitrogen and oxygen atoms in total. The molecule has 1 fully saturated rings. The summed E-state index contributed by atoms with van der Waals surface area (Å²) < 4.78 is 0. The predicted molar refractivity (Wildman–Crippen MR) is 89.0 cm³/mol. The van der Waals surface area contributed by atoms with E-state index < -0.39 is 0 Å². The van der Waals surface area contributed by atoms with Gasteiger partial charge in [-0.05, 0) is 54.8 Å². The Morgan fingerprint density at radius 1 is 1.23 bits per heavy atom. The molecule has 3 rings (SSSR count). The first-order valence-corrected chi connectivity index (χ1v) is 7.89. The van der Waals surface area contributed by atoms with Crippen LogP contribution in [0.4, 0.5) is 0 Å². The number of nitrogens with two attached hydrogens (primary N) is 1. The molecule has 0 saturated carbocycles. The summed E-state index contributed by atoms with van der Waals surface area (Å²) >= 11 is 6.03. The summed E-state index contributed by atoms with van der Waals surface area (Å²) in [4.78, 5) is 13.5. The molecule has 1 saturated heterocycles. The standard InChI is InChI=1S/C18H19ClN2O/c19-16-5-1-4-15(11-16)17-12-21(17)10-2-3-13-6-8-14(9-7-13)18(20)22/h1,4-9,11,17H,2-3,10,12H2,(H2,20,22). The molecular formula is C18H19ClN2O. The minimum absolute atomic E-state index is 0.375. The van der Waals surface area contributed by atoms with E-state index in [0.717, 1.165) is 31.0 Å². The van der Waals surface area contributed by atoms with Crippen LogP contribution in [-0.4, -0.2) is 23.9 Å². The molecule has 2 unspecified atom stereocenters. The van der Waals surface area contributed by atoms with Crippen LogP contribution < -0.4 is 5.73 Å². The molecule has 1 heterocycles. The Morgan fingerprint density at radius 3 is 2.68 bits per heavy atom. The number of nitrogens with zero attached hydrogens (tertiary/aromatic N) is 1. The largest absolute Gasteiger partial charge is 0.366 e. The lowest BCUT2D eigenvalue weighted by molar-refractivity contribution is 0.100. The van der Waals surface area contributed by atoms with Gasteiger partial charge in [0.15, 0.2) is 0 Å². The summed E-state index contributed by atoms with van der Waals surface area (Å²) in [5.41, 5.74) is 8.35. The highest BCUT2D eigenvalue weighted by Gasteiger charge is 2.34. The third-order valence-corrected chi connectivity index (χ3v) is 4.33. The van der Waals surface area contributed by atoms with Gasteiger partial charge >= 0.3 is 0 Å². The zero-order chi connectivity index (χ0) is 15.5. The normalized spacial score (nSPS) is 19.9. The Kier molecular flexibility index (Phi) is 4.46. The van der Waals surface area contributed by atoms with Crippen molar-refractivity contribution in [1.29, 1.82) is 0 Å². The molecule has 0 aliphatic carbocycles. The van der Waals surface area contributed by atoms with E-state index in [-0.39, 0.29) is 5.91 Å². The van der Waals surface area contributed by atoms with Crippen LogP contribution in [0.3, 0.4) is 0 Å². The molecular weight excluding hydrogens is 296 g/mol. The fraction of sp³-hybridized carbons (Fsp3) is 0.278. The van der Waals surface area contributed by atoms with Crippen LogP contribution in [0.2, 0.25) is 5.02 Å². The summed E-state index contributed by atoms with van der Waals surface area (Å²) in [6.45, 7) is 2.19. The monoisotopic (exact) mass is 314 g/mol. The van der Waals surface area contributed by atoms with Crippen LogP contribution >= 0.6 is 11.6 Å². The molecule has 2 atom stereocenters. The molecule has 1 amide bonds. The van der Waals surface area contributed by atoms with Crippen molar-refractivity contribution < 1.29 is 4.79 Å². The highest BCUT2D eigenvalue weighted by atomic mass is 35.5. The highest BCUT2D eigenvalue weighted by molar-refractivity contribution is 6.30. The Bertz CT molecular complexity index is 669. The number of carbonyl (C=O) groups excluding carboxylic acids is 1. The van der Waals surface area contributed by atoms with Gasteiger partial charge in [-0.2, -0.15) is 0 Å². The van der Waals surface area contributed by atoms with E-state index in [2.05, 4.69) is 17.0 Å². The summed E-state index contributed by atoms with van der Waals surface area (Å²) in [7, 11) is 0. The lowest BCUT2D eigenvalue weighted by Gasteiger charge is -2.05. The van der Waals surface area contributed by atoms with Crippen LogP contribution in [0, 0.1) is 0 Å². The second-order valence-corrected chi connectivity index (χ2v) is 6.17. The SMILES string of the molecule is NC(=O)c1ccc(CCCN2CC2c2cccc(Cl)c2)cc1. The molecule has 0 radical (unpaired) electrons. The number of halogens is 1.